The fraction of sp³-hybridized carbons (Fsp3) is 0.462. The third kappa shape index (κ3) is 2.20. The molecule has 0 spiro atoms. The molecule has 2 rings (SSSR count). The van der Waals surface area contributed by atoms with Crippen LogP contribution in [0.3, 0.4) is 0 Å². The van der Waals surface area contributed by atoms with Crippen LogP contribution in [0, 0.1) is 0 Å². The number of benzene rings is 1. The van der Waals surface area contributed by atoms with Crippen LogP contribution in [0.15, 0.2) is 18.2 Å². The summed E-state index contributed by atoms with van der Waals surface area (Å²) < 4.78 is 0. The fourth-order valence-electron chi connectivity index (χ4n) is 2.15. The first-order valence-corrected chi connectivity index (χ1v) is 5.91. The number of aromatic hydroxyl groups is 2. The van der Waals surface area contributed by atoms with Crippen LogP contribution in [-0.2, 0) is 0 Å². The van der Waals surface area contributed by atoms with E-state index in [2.05, 4.69) is 12.2 Å². The Kier molecular flexibility index (Phi) is 2.96. The van der Waals surface area contributed by atoms with Gasteiger partial charge in [0.1, 0.15) is 0 Å². The minimum atomic E-state index is -0.267. The number of carbonyl (C=O) groups is 1. The summed E-state index contributed by atoms with van der Waals surface area (Å²) in [4.78, 5) is 12.0. The van der Waals surface area contributed by atoms with Gasteiger partial charge in [0.2, 0.25) is 0 Å². The first-order valence-electron chi connectivity index (χ1n) is 5.91. The molecule has 1 aliphatic rings. The van der Waals surface area contributed by atoms with Gasteiger partial charge < -0.3 is 15.5 Å². The minimum absolute atomic E-state index is 0.0649. The summed E-state index contributed by atoms with van der Waals surface area (Å²) in [6.07, 6.45) is 4.09. The van der Waals surface area contributed by atoms with Crippen molar-refractivity contribution in [2.45, 2.75) is 38.1 Å². The highest BCUT2D eigenvalue weighted by Crippen LogP contribution is 2.35. The van der Waals surface area contributed by atoms with Crippen molar-refractivity contribution in [2.24, 2.45) is 0 Å². The second kappa shape index (κ2) is 4.28. The van der Waals surface area contributed by atoms with Gasteiger partial charge in [-0.05, 0) is 43.9 Å². The van der Waals surface area contributed by atoms with Crippen LogP contribution < -0.4 is 5.32 Å². The van der Waals surface area contributed by atoms with Crippen molar-refractivity contribution in [3.05, 3.63) is 23.8 Å². The smallest absolute Gasteiger partial charge is 0.251 e. The van der Waals surface area contributed by atoms with Gasteiger partial charge in [0.25, 0.3) is 5.91 Å². The van der Waals surface area contributed by atoms with Gasteiger partial charge in [-0.25, -0.2) is 0 Å². The molecule has 3 N–H and O–H groups in total. The van der Waals surface area contributed by atoms with Gasteiger partial charge >= 0.3 is 0 Å². The predicted molar refractivity (Wildman–Crippen MR) is 64.1 cm³/mol. The lowest BCUT2D eigenvalue weighted by Crippen LogP contribution is -2.52. The number of hydrogen-bond acceptors (Lipinski definition) is 3. The van der Waals surface area contributed by atoms with Gasteiger partial charge in [0, 0.05) is 11.1 Å². The van der Waals surface area contributed by atoms with Crippen LogP contribution in [0.25, 0.3) is 0 Å². The second-order valence-corrected chi connectivity index (χ2v) is 4.65. The van der Waals surface area contributed by atoms with E-state index in [1.165, 1.54) is 18.2 Å². The van der Waals surface area contributed by atoms with Crippen LogP contribution in [-0.4, -0.2) is 21.7 Å². The number of rotatable bonds is 3. The SMILES string of the molecule is CCC1(NC(=O)c2ccc(O)c(O)c2)CCC1. The predicted octanol–water partition coefficient (Wildman–Crippen LogP) is 2.16. The van der Waals surface area contributed by atoms with Gasteiger partial charge in [-0.2, -0.15) is 0 Å². The summed E-state index contributed by atoms with van der Waals surface area (Å²) in [5.41, 5.74) is 0.310. The van der Waals surface area contributed by atoms with E-state index in [0.29, 0.717) is 5.56 Å². The van der Waals surface area contributed by atoms with E-state index in [-0.39, 0.29) is 22.9 Å². The van der Waals surface area contributed by atoms with E-state index < -0.39 is 0 Å². The first kappa shape index (κ1) is 11.8. The molecule has 1 aliphatic carbocycles. The summed E-state index contributed by atoms with van der Waals surface area (Å²) in [7, 11) is 0. The average Bonchev–Trinajstić information content (AvgIpc) is 2.27. The zero-order valence-corrected chi connectivity index (χ0v) is 9.86. The Morgan fingerprint density at radius 2 is 2.06 bits per heavy atom. The Bertz CT molecular complexity index is 433. The number of phenolic OH excluding ortho intramolecular Hbond substituents is 2. The maximum absolute atomic E-state index is 12.0. The van der Waals surface area contributed by atoms with Gasteiger partial charge in [-0.3, -0.25) is 4.79 Å². The third-order valence-corrected chi connectivity index (χ3v) is 3.60. The Balaban J connectivity index is 2.11. The largest absolute Gasteiger partial charge is 0.504 e. The third-order valence-electron chi connectivity index (χ3n) is 3.60. The molecule has 4 heteroatoms. The monoisotopic (exact) mass is 235 g/mol. The standard InChI is InChI=1S/C13H17NO3/c1-2-13(6-3-7-13)14-12(17)9-4-5-10(15)11(16)8-9/h4-5,8,15-16H,2-3,6-7H2,1H3,(H,14,17). The lowest BCUT2D eigenvalue weighted by molar-refractivity contribution is 0.0820. The van der Waals surface area contributed by atoms with Crippen molar-refractivity contribution in [3.8, 4) is 11.5 Å². The van der Waals surface area contributed by atoms with Crippen molar-refractivity contribution in [1.82, 2.24) is 5.32 Å². The normalized spacial score (nSPS) is 17.2. The molecule has 0 saturated heterocycles. The van der Waals surface area contributed by atoms with E-state index >= 15 is 0 Å². The highest BCUT2D eigenvalue weighted by Gasteiger charge is 2.36. The Labute approximate surface area is 100 Å². The number of hydrogen-bond donors (Lipinski definition) is 3. The van der Waals surface area contributed by atoms with Gasteiger partial charge in [0.15, 0.2) is 11.5 Å². The zero-order chi connectivity index (χ0) is 12.5. The van der Waals surface area contributed by atoms with Crippen LogP contribution in [0.5, 0.6) is 11.5 Å². The second-order valence-electron chi connectivity index (χ2n) is 4.65. The molecule has 17 heavy (non-hydrogen) atoms. The number of nitrogens with one attached hydrogen (secondary N) is 1. The quantitative estimate of drug-likeness (QED) is 0.703. The number of phenols is 2. The molecule has 0 atom stereocenters. The van der Waals surface area contributed by atoms with Gasteiger partial charge in [-0.15, -0.1) is 0 Å². The topological polar surface area (TPSA) is 69.6 Å². The lowest BCUT2D eigenvalue weighted by Gasteiger charge is -2.42. The molecule has 92 valence electrons. The first-order chi connectivity index (χ1) is 8.06. The van der Waals surface area contributed by atoms with Gasteiger partial charge in [0.05, 0.1) is 0 Å². The summed E-state index contributed by atoms with van der Waals surface area (Å²) in [6.45, 7) is 2.06. The van der Waals surface area contributed by atoms with Crippen molar-refractivity contribution >= 4 is 5.91 Å². The molecule has 1 amide bonds. The molecule has 0 aliphatic heterocycles. The highest BCUT2D eigenvalue weighted by molar-refractivity contribution is 5.95. The van der Waals surface area contributed by atoms with Crippen molar-refractivity contribution < 1.29 is 15.0 Å². The summed E-state index contributed by atoms with van der Waals surface area (Å²) in [5.74, 6) is -0.672. The van der Waals surface area contributed by atoms with Crippen LogP contribution in [0.2, 0.25) is 0 Å². The van der Waals surface area contributed by atoms with E-state index in [0.717, 1.165) is 25.7 Å². The molecule has 0 aromatic heterocycles. The lowest BCUT2D eigenvalue weighted by atomic mass is 9.74. The molecule has 0 heterocycles. The van der Waals surface area contributed by atoms with Crippen molar-refractivity contribution in [2.75, 3.05) is 0 Å². The Hall–Kier alpha value is -1.71. The summed E-state index contributed by atoms with van der Waals surface area (Å²) in [6, 6.07) is 4.11. The maximum atomic E-state index is 12.0. The molecular weight excluding hydrogens is 218 g/mol. The zero-order valence-electron chi connectivity index (χ0n) is 9.86. The molecule has 1 fully saturated rings. The van der Waals surface area contributed by atoms with Crippen LogP contribution in [0.1, 0.15) is 43.0 Å². The average molecular weight is 235 g/mol. The Morgan fingerprint density at radius 1 is 1.35 bits per heavy atom. The minimum Gasteiger partial charge on any atom is -0.504 e. The molecule has 1 saturated carbocycles. The summed E-state index contributed by atoms with van der Waals surface area (Å²) >= 11 is 0. The highest BCUT2D eigenvalue weighted by atomic mass is 16.3. The van der Waals surface area contributed by atoms with Crippen molar-refractivity contribution in [1.29, 1.82) is 0 Å². The molecule has 0 unspecified atom stereocenters. The molecular formula is C13H17NO3. The molecule has 0 bridgehead atoms. The van der Waals surface area contributed by atoms with Gasteiger partial charge in [-0.1, -0.05) is 6.92 Å². The number of carbonyl (C=O) groups excluding carboxylic acids is 1. The maximum Gasteiger partial charge on any atom is 0.251 e. The number of amides is 1. The molecule has 0 radical (unpaired) electrons. The van der Waals surface area contributed by atoms with E-state index in [9.17, 15) is 15.0 Å². The van der Waals surface area contributed by atoms with Crippen LogP contribution >= 0.6 is 0 Å². The summed E-state index contributed by atoms with van der Waals surface area (Å²) in [5, 5.41) is 21.5. The van der Waals surface area contributed by atoms with Crippen molar-refractivity contribution in [3.63, 3.8) is 0 Å². The van der Waals surface area contributed by atoms with E-state index in [1.807, 2.05) is 0 Å². The molecule has 1 aromatic carbocycles. The molecule has 1 aromatic rings. The molecule has 4 nitrogen and oxygen atoms in total. The van der Waals surface area contributed by atoms with E-state index in [1.54, 1.807) is 0 Å². The fourth-order valence-corrected chi connectivity index (χ4v) is 2.15. The van der Waals surface area contributed by atoms with E-state index in [4.69, 9.17) is 0 Å². The van der Waals surface area contributed by atoms with Crippen LogP contribution in [0.4, 0.5) is 0 Å². The Morgan fingerprint density at radius 3 is 2.53 bits per heavy atom.